The van der Waals surface area contributed by atoms with Gasteiger partial charge in [-0.3, -0.25) is 4.79 Å². The van der Waals surface area contributed by atoms with Crippen molar-refractivity contribution >= 4 is 16.8 Å². The van der Waals surface area contributed by atoms with E-state index in [2.05, 4.69) is 20.5 Å². The summed E-state index contributed by atoms with van der Waals surface area (Å²) in [5.74, 6) is 0.704. The molecule has 0 radical (unpaired) electrons. The van der Waals surface area contributed by atoms with E-state index < -0.39 is 0 Å². The third-order valence-corrected chi connectivity index (χ3v) is 3.08. The fourth-order valence-electron chi connectivity index (χ4n) is 2.02. The molecule has 0 aliphatic carbocycles. The van der Waals surface area contributed by atoms with Crippen molar-refractivity contribution in [1.29, 1.82) is 0 Å². The second-order valence-electron chi connectivity index (χ2n) is 4.63. The number of rotatable bonds is 3. The summed E-state index contributed by atoms with van der Waals surface area (Å²) in [7, 11) is 0. The Bertz CT molecular complexity index is 759. The first-order valence-electron chi connectivity index (χ1n) is 6.31. The lowest BCUT2D eigenvalue weighted by molar-refractivity contribution is 0.0934. The van der Waals surface area contributed by atoms with Gasteiger partial charge in [0, 0.05) is 24.2 Å². The van der Waals surface area contributed by atoms with Crippen LogP contribution in [0.25, 0.3) is 10.9 Å². The number of carbonyl (C=O) groups excluding carboxylic acids is 1. The van der Waals surface area contributed by atoms with Gasteiger partial charge in [-0.2, -0.15) is 0 Å². The Balaban J connectivity index is 1.78. The average molecular weight is 270 g/mol. The second kappa shape index (κ2) is 4.80. The third-order valence-electron chi connectivity index (χ3n) is 3.08. The Labute approximate surface area is 115 Å². The molecule has 6 nitrogen and oxygen atoms in total. The molecule has 2 aromatic heterocycles. The highest BCUT2D eigenvalue weighted by Gasteiger charge is 2.16. The van der Waals surface area contributed by atoms with Crippen LogP contribution in [0.4, 0.5) is 0 Å². The Kier molecular flexibility index (Phi) is 2.98. The SMILES string of the molecule is Cc1nnc([C@H](C)NC(=O)c2ccc3cc[nH]c3c2)o1. The predicted octanol–water partition coefficient (Wildman–Crippen LogP) is 2.35. The first kappa shape index (κ1) is 12.4. The standard InChI is InChI=1S/C14H14N4O2/c1-8(14-18-17-9(2)20-14)16-13(19)11-4-3-10-5-6-15-12(10)7-11/h3-8,15H,1-2H3,(H,16,19)/t8-/m0/s1. The van der Waals surface area contributed by atoms with E-state index in [1.54, 1.807) is 19.9 Å². The van der Waals surface area contributed by atoms with E-state index in [1.807, 2.05) is 24.4 Å². The molecule has 20 heavy (non-hydrogen) atoms. The van der Waals surface area contributed by atoms with Crippen LogP contribution >= 0.6 is 0 Å². The Morgan fingerprint density at radius 3 is 2.95 bits per heavy atom. The largest absolute Gasteiger partial charge is 0.423 e. The highest BCUT2D eigenvalue weighted by molar-refractivity contribution is 5.98. The summed E-state index contributed by atoms with van der Waals surface area (Å²) in [6.07, 6.45) is 1.84. The molecule has 1 atom stereocenters. The number of aromatic amines is 1. The van der Waals surface area contributed by atoms with Crippen LogP contribution in [0.1, 0.15) is 35.1 Å². The molecule has 0 saturated carbocycles. The molecule has 0 aliphatic rings. The number of aromatic nitrogens is 3. The van der Waals surface area contributed by atoms with Crippen molar-refractivity contribution in [2.24, 2.45) is 0 Å². The number of benzene rings is 1. The third kappa shape index (κ3) is 2.27. The monoisotopic (exact) mass is 270 g/mol. The summed E-state index contributed by atoms with van der Waals surface area (Å²) in [6.45, 7) is 3.52. The molecule has 6 heteroatoms. The second-order valence-corrected chi connectivity index (χ2v) is 4.63. The molecule has 0 fully saturated rings. The lowest BCUT2D eigenvalue weighted by Crippen LogP contribution is -2.26. The zero-order valence-corrected chi connectivity index (χ0v) is 11.2. The molecule has 1 aromatic carbocycles. The van der Waals surface area contributed by atoms with Crippen molar-refractivity contribution in [3.8, 4) is 0 Å². The minimum Gasteiger partial charge on any atom is -0.423 e. The lowest BCUT2D eigenvalue weighted by Gasteiger charge is -2.09. The zero-order chi connectivity index (χ0) is 14.1. The van der Waals surface area contributed by atoms with Gasteiger partial charge in [-0.15, -0.1) is 10.2 Å². The predicted molar refractivity (Wildman–Crippen MR) is 73.2 cm³/mol. The van der Waals surface area contributed by atoms with Gasteiger partial charge < -0.3 is 14.7 Å². The molecule has 0 saturated heterocycles. The smallest absolute Gasteiger partial charge is 0.251 e. The number of H-pyrrole nitrogens is 1. The van der Waals surface area contributed by atoms with Crippen LogP contribution in [0.5, 0.6) is 0 Å². The topological polar surface area (TPSA) is 83.8 Å². The highest BCUT2D eigenvalue weighted by atomic mass is 16.4. The van der Waals surface area contributed by atoms with Crippen molar-refractivity contribution in [1.82, 2.24) is 20.5 Å². The van der Waals surface area contributed by atoms with Crippen LogP contribution in [0, 0.1) is 6.92 Å². The summed E-state index contributed by atoms with van der Waals surface area (Å²) in [5.41, 5.74) is 1.52. The van der Waals surface area contributed by atoms with Gasteiger partial charge in [-0.25, -0.2) is 0 Å². The maximum atomic E-state index is 12.2. The van der Waals surface area contributed by atoms with E-state index in [-0.39, 0.29) is 11.9 Å². The van der Waals surface area contributed by atoms with E-state index in [9.17, 15) is 4.79 Å². The summed E-state index contributed by atoms with van der Waals surface area (Å²) in [6, 6.07) is 7.14. The first-order valence-corrected chi connectivity index (χ1v) is 6.31. The molecule has 3 rings (SSSR count). The van der Waals surface area contributed by atoms with Gasteiger partial charge in [0.1, 0.15) is 6.04 Å². The van der Waals surface area contributed by atoms with E-state index >= 15 is 0 Å². The van der Waals surface area contributed by atoms with Crippen molar-refractivity contribution < 1.29 is 9.21 Å². The molecule has 2 heterocycles. The average Bonchev–Trinajstić information content (AvgIpc) is 3.05. The fraction of sp³-hybridized carbons (Fsp3) is 0.214. The van der Waals surface area contributed by atoms with E-state index in [1.165, 1.54) is 0 Å². The minimum absolute atomic E-state index is 0.176. The van der Waals surface area contributed by atoms with Gasteiger partial charge >= 0.3 is 0 Å². The van der Waals surface area contributed by atoms with Crippen LogP contribution in [-0.2, 0) is 0 Å². The summed E-state index contributed by atoms with van der Waals surface area (Å²) in [5, 5.41) is 11.6. The summed E-state index contributed by atoms with van der Waals surface area (Å²) < 4.78 is 5.30. The van der Waals surface area contributed by atoms with Crippen LogP contribution in [0.3, 0.4) is 0 Å². The Hall–Kier alpha value is -2.63. The van der Waals surface area contributed by atoms with Crippen molar-refractivity contribution in [3.05, 3.63) is 47.8 Å². The highest BCUT2D eigenvalue weighted by Crippen LogP contribution is 2.16. The van der Waals surface area contributed by atoms with Crippen molar-refractivity contribution in [2.75, 3.05) is 0 Å². The lowest BCUT2D eigenvalue weighted by atomic mass is 10.1. The van der Waals surface area contributed by atoms with E-state index in [0.29, 0.717) is 17.3 Å². The number of hydrogen-bond acceptors (Lipinski definition) is 4. The fourth-order valence-corrected chi connectivity index (χ4v) is 2.02. The molecule has 102 valence electrons. The summed E-state index contributed by atoms with van der Waals surface area (Å²) in [4.78, 5) is 15.3. The van der Waals surface area contributed by atoms with Gasteiger partial charge in [-0.1, -0.05) is 6.07 Å². The van der Waals surface area contributed by atoms with Crippen LogP contribution < -0.4 is 5.32 Å². The Morgan fingerprint density at radius 1 is 1.35 bits per heavy atom. The molecule has 1 amide bonds. The number of nitrogens with zero attached hydrogens (tertiary/aromatic N) is 2. The van der Waals surface area contributed by atoms with Gasteiger partial charge in [-0.05, 0) is 30.5 Å². The van der Waals surface area contributed by atoms with Gasteiger partial charge in [0.2, 0.25) is 11.8 Å². The van der Waals surface area contributed by atoms with Crippen LogP contribution in [-0.4, -0.2) is 21.1 Å². The van der Waals surface area contributed by atoms with Gasteiger partial charge in [0.25, 0.3) is 5.91 Å². The van der Waals surface area contributed by atoms with E-state index in [0.717, 1.165) is 10.9 Å². The van der Waals surface area contributed by atoms with Gasteiger partial charge in [0.15, 0.2) is 0 Å². The summed E-state index contributed by atoms with van der Waals surface area (Å²) >= 11 is 0. The first-order chi connectivity index (χ1) is 9.63. The molecular weight excluding hydrogens is 256 g/mol. The number of hydrogen-bond donors (Lipinski definition) is 2. The quantitative estimate of drug-likeness (QED) is 0.765. The molecule has 0 bridgehead atoms. The van der Waals surface area contributed by atoms with Crippen LogP contribution in [0.2, 0.25) is 0 Å². The van der Waals surface area contributed by atoms with Crippen molar-refractivity contribution in [2.45, 2.75) is 19.9 Å². The van der Waals surface area contributed by atoms with Crippen molar-refractivity contribution in [3.63, 3.8) is 0 Å². The number of carbonyl (C=O) groups is 1. The molecular formula is C14H14N4O2. The number of amides is 1. The number of nitrogens with one attached hydrogen (secondary N) is 2. The molecule has 0 spiro atoms. The molecule has 2 N–H and O–H groups in total. The molecule has 0 unspecified atom stereocenters. The molecule has 0 aliphatic heterocycles. The number of aryl methyl sites for hydroxylation is 1. The van der Waals surface area contributed by atoms with E-state index in [4.69, 9.17) is 4.42 Å². The minimum atomic E-state index is -0.331. The Morgan fingerprint density at radius 2 is 2.20 bits per heavy atom. The number of fused-ring (bicyclic) bond motifs is 1. The molecule has 3 aromatic rings. The maximum absolute atomic E-state index is 12.2. The van der Waals surface area contributed by atoms with Gasteiger partial charge in [0.05, 0.1) is 0 Å². The maximum Gasteiger partial charge on any atom is 0.251 e. The normalized spacial score (nSPS) is 12.5. The van der Waals surface area contributed by atoms with Crippen LogP contribution in [0.15, 0.2) is 34.9 Å². The zero-order valence-electron chi connectivity index (χ0n) is 11.2.